The Kier molecular flexibility index (Phi) is 4.73. The van der Waals surface area contributed by atoms with Crippen LogP contribution in [0.4, 0.5) is 5.82 Å². The molecule has 6 heteroatoms. The normalized spacial score (nSPS) is 23.8. The highest BCUT2D eigenvalue weighted by atomic mass is 32.2. The molecular formula is C20H22N4OS. The number of amides is 1. The molecule has 0 saturated heterocycles. The van der Waals surface area contributed by atoms with Crippen LogP contribution in [-0.4, -0.2) is 21.9 Å². The molecule has 0 radical (unpaired) electrons. The molecule has 1 amide bonds. The van der Waals surface area contributed by atoms with E-state index in [0.29, 0.717) is 34.7 Å². The fourth-order valence-corrected chi connectivity index (χ4v) is 5.07. The zero-order valence-corrected chi connectivity index (χ0v) is 15.6. The van der Waals surface area contributed by atoms with Gasteiger partial charge in [0.2, 0.25) is 5.91 Å². The van der Waals surface area contributed by atoms with Crippen LogP contribution in [0.5, 0.6) is 0 Å². The fraction of sp³-hybridized carbons (Fsp3) is 0.450. The number of aromatic nitrogens is 2. The number of nitriles is 1. The molecule has 2 fully saturated rings. The van der Waals surface area contributed by atoms with Gasteiger partial charge in [0.1, 0.15) is 16.7 Å². The fourth-order valence-electron chi connectivity index (χ4n) is 4.56. The minimum atomic E-state index is -0.0104. The second-order valence-electron chi connectivity index (χ2n) is 7.28. The van der Waals surface area contributed by atoms with E-state index in [0.717, 1.165) is 11.6 Å². The van der Waals surface area contributed by atoms with Gasteiger partial charge in [-0.2, -0.15) is 10.4 Å². The lowest BCUT2D eigenvalue weighted by Gasteiger charge is -2.21. The van der Waals surface area contributed by atoms with E-state index in [1.54, 1.807) is 4.68 Å². The number of hydrogen-bond acceptors (Lipinski definition) is 4. The van der Waals surface area contributed by atoms with Gasteiger partial charge in [-0.15, -0.1) is 11.8 Å². The Morgan fingerprint density at radius 2 is 2.15 bits per heavy atom. The summed E-state index contributed by atoms with van der Waals surface area (Å²) in [5.41, 5.74) is 1.27. The SMILES string of the molecule is CSc1nn(-c2ccccc2)c(NC(=O)C[C@@H]2C[C@H]3CC[C@@H]2C3)c1C#N. The molecular weight excluding hydrogens is 344 g/mol. The van der Waals surface area contributed by atoms with Crippen LogP contribution >= 0.6 is 11.8 Å². The van der Waals surface area contributed by atoms with E-state index in [4.69, 9.17) is 0 Å². The van der Waals surface area contributed by atoms with Crippen molar-refractivity contribution in [3.05, 3.63) is 35.9 Å². The Balaban J connectivity index is 1.59. The van der Waals surface area contributed by atoms with Crippen molar-refractivity contribution in [2.75, 3.05) is 11.6 Å². The predicted molar refractivity (Wildman–Crippen MR) is 102 cm³/mol. The first-order valence-electron chi connectivity index (χ1n) is 9.12. The number of para-hydroxylation sites is 1. The van der Waals surface area contributed by atoms with E-state index in [1.165, 1.54) is 37.4 Å². The van der Waals surface area contributed by atoms with Crippen LogP contribution in [0.1, 0.15) is 37.7 Å². The van der Waals surface area contributed by atoms with Crippen LogP contribution in [0.2, 0.25) is 0 Å². The van der Waals surface area contributed by atoms with Crippen molar-refractivity contribution in [2.45, 2.75) is 37.1 Å². The maximum atomic E-state index is 12.7. The second kappa shape index (κ2) is 7.16. The molecule has 2 saturated carbocycles. The predicted octanol–water partition coefficient (Wildman–Crippen LogP) is 4.23. The van der Waals surface area contributed by atoms with Gasteiger partial charge in [-0.25, -0.2) is 4.68 Å². The number of nitrogens with zero attached hydrogens (tertiary/aromatic N) is 3. The van der Waals surface area contributed by atoms with Crippen molar-refractivity contribution in [1.29, 1.82) is 5.26 Å². The van der Waals surface area contributed by atoms with Crippen molar-refractivity contribution in [2.24, 2.45) is 17.8 Å². The Labute approximate surface area is 157 Å². The molecule has 26 heavy (non-hydrogen) atoms. The van der Waals surface area contributed by atoms with Gasteiger partial charge in [0.25, 0.3) is 0 Å². The highest BCUT2D eigenvalue weighted by Crippen LogP contribution is 2.49. The van der Waals surface area contributed by atoms with Crippen LogP contribution in [0, 0.1) is 29.1 Å². The van der Waals surface area contributed by atoms with Crippen molar-refractivity contribution >= 4 is 23.5 Å². The number of fused-ring (bicyclic) bond motifs is 2. The first-order valence-corrected chi connectivity index (χ1v) is 10.3. The van der Waals surface area contributed by atoms with Gasteiger partial charge >= 0.3 is 0 Å². The van der Waals surface area contributed by atoms with E-state index in [2.05, 4.69) is 16.5 Å². The van der Waals surface area contributed by atoms with E-state index < -0.39 is 0 Å². The summed E-state index contributed by atoms with van der Waals surface area (Å²) in [6.07, 6.45) is 7.50. The third-order valence-electron chi connectivity index (χ3n) is 5.75. The van der Waals surface area contributed by atoms with Crippen LogP contribution < -0.4 is 5.32 Å². The van der Waals surface area contributed by atoms with Crippen molar-refractivity contribution in [3.8, 4) is 11.8 Å². The standard InChI is InChI=1S/C20H22N4OS/c1-26-20-17(12-21)19(24(23-20)16-5-3-2-4-6-16)22-18(25)11-15-10-13-7-8-14(15)9-13/h2-6,13-15H,7-11H2,1H3,(H,22,25)/t13-,14+,15-/m0/s1. The molecule has 0 spiro atoms. The number of rotatable bonds is 5. The van der Waals surface area contributed by atoms with E-state index in [-0.39, 0.29) is 5.91 Å². The highest BCUT2D eigenvalue weighted by molar-refractivity contribution is 7.98. The first-order chi connectivity index (χ1) is 12.7. The van der Waals surface area contributed by atoms with Gasteiger partial charge in [-0.3, -0.25) is 4.79 Å². The van der Waals surface area contributed by atoms with Crippen LogP contribution in [0.15, 0.2) is 35.4 Å². The Morgan fingerprint density at radius 1 is 1.35 bits per heavy atom. The lowest BCUT2D eigenvalue weighted by molar-refractivity contribution is -0.117. The minimum absolute atomic E-state index is 0.0104. The summed E-state index contributed by atoms with van der Waals surface area (Å²) < 4.78 is 1.67. The summed E-state index contributed by atoms with van der Waals surface area (Å²) in [4.78, 5) is 12.7. The summed E-state index contributed by atoms with van der Waals surface area (Å²) >= 11 is 1.41. The molecule has 1 aromatic carbocycles. The molecule has 1 aromatic heterocycles. The van der Waals surface area contributed by atoms with Crippen molar-refractivity contribution < 1.29 is 4.79 Å². The topological polar surface area (TPSA) is 70.7 Å². The number of thioether (sulfide) groups is 1. The molecule has 4 rings (SSSR count). The number of carbonyl (C=O) groups is 1. The molecule has 2 aliphatic rings. The van der Waals surface area contributed by atoms with Crippen LogP contribution in [-0.2, 0) is 4.79 Å². The van der Waals surface area contributed by atoms with Crippen molar-refractivity contribution in [1.82, 2.24) is 9.78 Å². The summed E-state index contributed by atoms with van der Waals surface area (Å²) in [6, 6.07) is 11.8. The van der Waals surface area contributed by atoms with Crippen LogP contribution in [0.25, 0.3) is 5.69 Å². The molecule has 2 aromatic rings. The van der Waals surface area contributed by atoms with Gasteiger partial charge in [0.15, 0.2) is 5.82 Å². The molecule has 2 bridgehead atoms. The first kappa shape index (κ1) is 17.2. The number of hydrogen-bond donors (Lipinski definition) is 1. The van der Waals surface area contributed by atoms with E-state index in [1.807, 2.05) is 36.6 Å². The average Bonchev–Trinajstić information content (AvgIpc) is 3.36. The molecule has 0 aliphatic heterocycles. The van der Waals surface area contributed by atoms with Gasteiger partial charge in [0.05, 0.1) is 5.69 Å². The molecule has 5 nitrogen and oxygen atoms in total. The molecule has 2 aliphatic carbocycles. The maximum Gasteiger partial charge on any atom is 0.225 e. The van der Waals surface area contributed by atoms with Gasteiger partial charge in [-0.05, 0) is 55.4 Å². The third-order valence-corrected chi connectivity index (χ3v) is 6.42. The molecule has 0 unspecified atom stereocenters. The minimum Gasteiger partial charge on any atom is -0.309 e. The zero-order valence-electron chi connectivity index (χ0n) is 14.8. The highest BCUT2D eigenvalue weighted by Gasteiger charge is 2.40. The lowest BCUT2D eigenvalue weighted by Crippen LogP contribution is -2.22. The summed E-state index contributed by atoms with van der Waals surface area (Å²) in [5, 5.41) is 17.8. The van der Waals surface area contributed by atoms with Gasteiger partial charge in [-0.1, -0.05) is 24.6 Å². The average molecular weight is 366 g/mol. The van der Waals surface area contributed by atoms with E-state index in [9.17, 15) is 10.1 Å². The second-order valence-corrected chi connectivity index (χ2v) is 8.07. The summed E-state index contributed by atoms with van der Waals surface area (Å²) in [7, 11) is 0. The molecule has 134 valence electrons. The number of nitrogens with one attached hydrogen (secondary N) is 1. The molecule has 1 N–H and O–H groups in total. The quantitative estimate of drug-likeness (QED) is 0.804. The summed E-state index contributed by atoms with van der Waals surface area (Å²) in [6.45, 7) is 0. The Hall–Kier alpha value is -2.26. The Bertz CT molecular complexity index is 855. The van der Waals surface area contributed by atoms with Crippen molar-refractivity contribution in [3.63, 3.8) is 0 Å². The Morgan fingerprint density at radius 3 is 2.77 bits per heavy atom. The molecule has 3 atom stereocenters. The number of anilines is 1. The van der Waals surface area contributed by atoms with Gasteiger partial charge in [0, 0.05) is 6.42 Å². The number of carbonyl (C=O) groups excluding carboxylic acids is 1. The van der Waals surface area contributed by atoms with E-state index >= 15 is 0 Å². The zero-order chi connectivity index (χ0) is 18.1. The summed E-state index contributed by atoms with van der Waals surface area (Å²) in [5.74, 6) is 2.50. The monoisotopic (exact) mass is 366 g/mol. The lowest BCUT2D eigenvalue weighted by atomic mass is 9.86. The third kappa shape index (κ3) is 3.12. The largest absolute Gasteiger partial charge is 0.309 e. The maximum absolute atomic E-state index is 12.7. The smallest absolute Gasteiger partial charge is 0.225 e. The molecule has 1 heterocycles. The van der Waals surface area contributed by atoms with Gasteiger partial charge < -0.3 is 5.32 Å². The number of benzene rings is 1. The van der Waals surface area contributed by atoms with Crippen LogP contribution in [0.3, 0.4) is 0 Å².